The van der Waals surface area contributed by atoms with Crippen molar-refractivity contribution in [2.45, 2.75) is 13.3 Å². The normalized spacial score (nSPS) is 15.9. The molecule has 0 atom stereocenters. The number of fused-ring (bicyclic) bond motifs is 1. The summed E-state index contributed by atoms with van der Waals surface area (Å²) in [5.41, 5.74) is 1.82. The predicted octanol–water partition coefficient (Wildman–Crippen LogP) is 3.78. The van der Waals surface area contributed by atoms with Gasteiger partial charge in [0.25, 0.3) is 5.91 Å². The average Bonchev–Trinajstić information content (AvgIpc) is 2.80. The summed E-state index contributed by atoms with van der Waals surface area (Å²) in [6, 6.07) is 6.24. The molecule has 0 spiro atoms. The van der Waals surface area contributed by atoms with Gasteiger partial charge < -0.3 is 19.3 Å². The molecule has 2 aliphatic heterocycles. The topological polar surface area (TPSA) is 62.3 Å². The summed E-state index contributed by atoms with van der Waals surface area (Å²) >= 11 is 12.2. The molecule has 0 N–H and O–H groups in total. The van der Waals surface area contributed by atoms with E-state index in [1.54, 1.807) is 23.1 Å². The highest BCUT2D eigenvalue weighted by molar-refractivity contribution is 6.32. The summed E-state index contributed by atoms with van der Waals surface area (Å²) in [5, 5.41) is 0.726. The Balaban J connectivity index is 1.46. The van der Waals surface area contributed by atoms with Gasteiger partial charge in [-0.05, 0) is 24.1 Å². The van der Waals surface area contributed by atoms with Gasteiger partial charge in [0.2, 0.25) is 5.91 Å². The van der Waals surface area contributed by atoms with Crippen LogP contribution in [0.25, 0.3) is 0 Å². The first-order valence-electron chi connectivity index (χ1n) is 10.6. The molecule has 7 nitrogen and oxygen atoms in total. The van der Waals surface area contributed by atoms with Crippen molar-refractivity contribution in [3.63, 3.8) is 0 Å². The molecule has 0 saturated carbocycles. The Kier molecular flexibility index (Phi) is 6.86. The largest absolute Gasteiger partial charge is 0.495 e. The van der Waals surface area contributed by atoms with Gasteiger partial charge in [-0.15, -0.1) is 0 Å². The lowest BCUT2D eigenvalue weighted by molar-refractivity contribution is -0.132. The maximum Gasteiger partial charge on any atom is 0.265 e. The van der Waals surface area contributed by atoms with E-state index in [1.165, 1.54) is 18.1 Å². The van der Waals surface area contributed by atoms with E-state index >= 15 is 0 Å². The molecule has 2 aromatic rings. The van der Waals surface area contributed by atoms with Crippen LogP contribution in [0.4, 0.5) is 15.8 Å². The Morgan fingerprint density at radius 2 is 1.88 bits per heavy atom. The lowest BCUT2D eigenvalue weighted by atomic mass is 10.1. The fourth-order valence-corrected chi connectivity index (χ4v) is 4.63. The van der Waals surface area contributed by atoms with Crippen molar-refractivity contribution in [1.29, 1.82) is 0 Å². The molecule has 1 saturated heterocycles. The van der Waals surface area contributed by atoms with Crippen LogP contribution in [0.1, 0.15) is 12.5 Å². The quantitative estimate of drug-likeness (QED) is 0.631. The van der Waals surface area contributed by atoms with Gasteiger partial charge in [0.05, 0.1) is 23.5 Å². The van der Waals surface area contributed by atoms with Crippen LogP contribution in [-0.4, -0.2) is 63.2 Å². The van der Waals surface area contributed by atoms with Gasteiger partial charge in [-0.3, -0.25) is 14.5 Å². The molecule has 1 fully saturated rings. The second-order valence-electron chi connectivity index (χ2n) is 7.84. The van der Waals surface area contributed by atoms with Gasteiger partial charge in [-0.1, -0.05) is 30.1 Å². The molecule has 4 rings (SSSR count). The maximum atomic E-state index is 14.5. The van der Waals surface area contributed by atoms with E-state index in [0.717, 1.165) is 5.56 Å². The lowest BCUT2D eigenvalue weighted by Gasteiger charge is -2.38. The zero-order valence-corrected chi connectivity index (χ0v) is 19.9. The molecule has 0 unspecified atom stereocenters. The minimum absolute atomic E-state index is 0.0903. The monoisotopic (exact) mass is 495 g/mol. The van der Waals surface area contributed by atoms with Gasteiger partial charge in [-0.25, -0.2) is 4.39 Å². The van der Waals surface area contributed by atoms with Crippen molar-refractivity contribution in [3.8, 4) is 11.5 Å². The highest BCUT2D eigenvalue weighted by atomic mass is 35.5. The number of nitrogens with zero attached hydrogens (tertiary/aromatic N) is 3. The molecule has 2 aliphatic rings. The molecular formula is C23H24Cl2FN3O4. The number of benzene rings is 2. The molecule has 0 bridgehead atoms. The molecular weight excluding hydrogens is 472 g/mol. The Bertz CT molecular complexity index is 1070. The molecule has 0 radical (unpaired) electrons. The minimum Gasteiger partial charge on any atom is -0.495 e. The number of anilines is 2. The van der Waals surface area contributed by atoms with E-state index in [1.807, 2.05) is 11.8 Å². The Morgan fingerprint density at radius 1 is 1.15 bits per heavy atom. The van der Waals surface area contributed by atoms with Gasteiger partial charge in [0, 0.05) is 43.3 Å². The van der Waals surface area contributed by atoms with Gasteiger partial charge in [0.1, 0.15) is 23.9 Å². The Hall–Kier alpha value is -2.71. The van der Waals surface area contributed by atoms with Crippen LogP contribution in [0.3, 0.4) is 0 Å². The predicted molar refractivity (Wildman–Crippen MR) is 125 cm³/mol. The highest BCUT2D eigenvalue weighted by Gasteiger charge is 2.32. The van der Waals surface area contributed by atoms with Crippen LogP contribution in [0, 0.1) is 5.82 Å². The second-order valence-corrected chi connectivity index (χ2v) is 8.68. The summed E-state index contributed by atoms with van der Waals surface area (Å²) < 4.78 is 25.2. The molecule has 2 amide bonds. The van der Waals surface area contributed by atoms with Gasteiger partial charge in [-0.2, -0.15) is 0 Å². The fourth-order valence-electron chi connectivity index (χ4n) is 4.17. The van der Waals surface area contributed by atoms with E-state index in [0.29, 0.717) is 60.5 Å². The van der Waals surface area contributed by atoms with Crippen molar-refractivity contribution in [3.05, 3.63) is 45.7 Å². The Morgan fingerprint density at radius 3 is 2.55 bits per heavy atom. The average molecular weight is 496 g/mol. The van der Waals surface area contributed by atoms with Crippen molar-refractivity contribution >= 4 is 46.4 Å². The zero-order valence-electron chi connectivity index (χ0n) is 18.4. The number of piperazine rings is 1. The number of hydrogen-bond donors (Lipinski definition) is 0. The number of amides is 2. The van der Waals surface area contributed by atoms with Crippen molar-refractivity contribution in [2.75, 3.05) is 56.2 Å². The summed E-state index contributed by atoms with van der Waals surface area (Å²) in [7, 11) is 1.47. The third-order valence-electron chi connectivity index (χ3n) is 5.91. The van der Waals surface area contributed by atoms with Crippen molar-refractivity contribution in [1.82, 2.24) is 4.90 Å². The number of rotatable bonds is 5. The van der Waals surface area contributed by atoms with Crippen LogP contribution in [0.5, 0.6) is 11.5 Å². The SMILES string of the molecule is CCc1cc(Cl)cc2c1N(CC(=O)N1CCN(c3cc(OC)c(Cl)cc3F)CC1)C(=O)CO2. The third-order valence-corrected chi connectivity index (χ3v) is 6.42. The van der Waals surface area contributed by atoms with Gasteiger partial charge >= 0.3 is 0 Å². The maximum absolute atomic E-state index is 14.5. The number of methoxy groups -OCH3 is 1. The lowest BCUT2D eigenvalue weighted by Crippen LogP contribution is -2.53. The van der Waals surface area contributed by atoms with E-state index in [2.05, 4.69) is 0 Å². The first kappa shape index (κ1) is 23.4. The number of carbonyl (C=O) groups excluding carboxylic acids is 2. The number of hydrogen-bond acceptors (Lipinski definition) is 5. The van der Waals surface area contributed by atoms with Crippen LogP contribution in [-0.2, 0) is 16.0 Å². The van der Waals surface area contributed by atoms with E-state index in [9.17, 15) is 14.0 Å². The van der Waals surface area contributed by atoms with Crippen molar-refractivity contribution < 1.29 is 23.5 Å². The third kappa shape index (κ3) is 4.68. The first-order chi connectivity index (χ1) is 15.8. The Labute approximate surface area is 201 Å². The summed E-state index contributed by atoms with van der Waals surface area (Å²) in [6.07, 6.45) is 0.638. The molecule has 10 heteroatoms. The summed E-state index contributed by atoms with van der Waals surface area (Å²) in [6.45, 7) is 3.40. The number of ether oxygens (including phenoxy) is 2. The number of aryl methyl sites for hydroxylation is 1. The summed E-state index contributed by atoms with van der Waals surface area (Å²) in [5.74, 6) is -0.00247. The van der Waals surface area contributed by atoms with Crippen LogP contribution in [0.15, 0.2) is 24.3 Å². The highest BCUT2D eigenvalue weighted by Crippen LogP contribution is 2.38. The molecule has 33 heavy (non-hydrogen) atoms. The standard InChI is InChI=1S/C23H24Cl2FN3O4/c1-3-14-8-15(24)9-20-23(14)29(22(31)13-33-20)12-21(30)28-6-4-27(5-7-28)18-11-19(32-2)16(25)10-17(18)26/h8-11H,3-7,12-13H2,1-2H3. The molecule has 176 valence electrons. The van der Waals surface area contributed by atoms with Crippen LogP contribution in [0.2, 0.25) is 10.0 Å². The van der Waals surface area contributed by atoms with E-state index < -0.39 is 5.82 Å². The minimum atomic E-state index is -0.443. The molecule has 2 heterocycles. The molecule has 0 aromatic heterocycles. The second kappa shape index (κ2) is 9.65. The van der Waals surface area contributed by atoms with Crippen molar-refractivity contribution in [2.24, 2.45) is 0 Å². The first-order valence-corrected chi connectivity index (χ1v) is 11.4. The fraction of sp³-hybridized carbons (Fsp3) is 0.391. The number of halogens is 3. The molecule has 2 aromatic carbocycles. The smallest absolute Gasteiger partial charge is 0.265 e. The zero-order chi connectivity index (χ0) is 23.7. The van der Waals surface area contributed by atoms with Crippen LogP contribution >= 0.6 is 23.2 Å². The van der Waals surface area contributed by atoms with E-state index in [-0.39, 0.29) is 30.0 Å². The molecule has 0 aliphatic carbocycles. The number of carbonyl (C=O) groups is 2. The van der Waals surface area contributed by atoms with E-state index in [4.69, 9.17) is 32.7 Å². The van der Waals surface area contributed by atoms with Gasteiger partial charge in [0.15, 0.2) is 6.61 Å². The summed E-state index contributed by atoms with van der Waals surface area (Å²) in [4.78, 5) is 30.7. The van der Waals surface area contributed by atoms with Crippen LogP contribution < -0.4 is 19.3 Å².